The predicted octanol–water partition coefficient (Wildman–Crippen LogP) is 5.30. The molecule has 398 valence electrons. The van der Waals surface area contributed by atoms with Crippen LogP contribution in [0.15, 0.2) is 107 Å². The second-order valence-corrected chi connectivity index (χ2v) is 22.2. The van der Waals surface area contributed by atoms with Gasteiger partial charge in [-0.25, -0.2) is 24.9 Å². The van der Waals surface area contributed by atoms with Gasteiger partial charge in [0, 0.05) is 57.5 Å². The van der Waals surface area contributed by atoms with E-state index in [0.717, 1.165) is 16.1 Å². The van der Waals surface area contributed by atoms with Crippen molar-refractivity contribution in [2.45, 2.75) is 118 Å². The number of rotatable bonds is 7. The molecule has 8 rings (SSSR count). The fraction of sp³-hybridized carbons (Fsp3) is 0.500. The summed E-state index contributed by atoms with van der Waals surface area (Å²) in [6, 6.07) is 20.0. The van der Waals surface area contributed by atoms with Gasteiger partial charge in [0.25, 0.3) is 0 Å². The molecule has 3 fully saturated rings. The second kappa shape index (κ2) is 31.5. The van der Waals surface area contributed by atoms with Crippen LogP contribution in [0, 0.1) is 10.8 Å². The third kappa shape index (κ3) is 21.5. The summed E-state index contributed by atoms with van der Waals surface area (Å²) in [5.74, 6) is 2.45. The van der Waals surface area contributed by atoms with Crippen LogP contribution in [0.3, 0.4) is 0 Å². The maximum atomic E-state index is 8.66. The van der Waals surface area contributed by atoms with Crippen LogP contribution < -0.4 is 64.5 Å². The number of nitrogens with zero attached hydrogens (tertiary/aromatic N) is 5. The zero-order valence-electron chi connectivity index (χ0n) is 46.4. The Bertz CT molecular complexity index is 2240. The Morgan fingerprint density at radius 1 is 0.527 bits per heavy atom. The number of hydrogen-bond acceptors (Lipinski definition) is 16. The fourth-order valence-electron chi connectivity index (χ4n) is 6.82. The first-order chi connectivity index (χ1) is 34.0. The zero-order chi connectivity index (χ0) is 55.4. The van der Waals surface area contributed by atoms with E-state index in [1.54, 1.807) is 64.2 Å². The molecule has 0 bridgehead atoms. The molecule has 0 radical (unpaired) electrons. The SMILES string of the molecule is CC1(C)OB(B2OC(C)(C)C(C)(C)O2)OC1(C)C.COc1ccc(B(O)O)cn1.COc1ccc(B2CC(C)(C)C(C)(C)C2)cn1.COc1ccc(Br)cn1.COc1ccccn1.C[O-].Clc1ccc(Br)cn1.[Na+]. The largest absolute Gasteiger partial charge is 1.00 e. The summed E-state index contributed by atoms with van der Waals surface area (Å²) in [6.45, 7) is 26.4. The van der Waals surface area contributed by atoms with Gasteiger partial charge < -0.3 is 52.7 Å². The van der Waals surface area contributed by atoms with Crippen LogP contribution >= 0.6 is 43.5 Å². The summed E-state index contributed by atoms with van der Waals surface area (Å²) in [5.41, 5.74) is 1.07. The third-order valence-electron chi connectivity index (χ3n) is 13.3. The van der Waals surface area contributed by atoms with E-state index in [1.165, 1.54) is 37.5 Å². The third-order valence-corrected chi connectivity index (χ3v) is 14.4. The summed E-state index contributed by atoms with van der Waals surface area (Å²) in [4.78, 5) is 19.7. The summed E-state index contributed by atoms with van der Waals surface area (Å²) >= 11 is 12.0. The molecule has 5 aromatic heterocycles. The van der Waals surface area contributed by atoms with Crippen LogP contribution in [-0.4, -0.2) is 121 Å². The minimum absolute atomic E-state index is 0. The quantitative estimate of drug-likeness (QED) is 0.157. The minimum atomic E-state index is -1.46. The Hall–Kier alpha value is -2.82. The predicted molar refractivity (Wildman–Crippen MR) is 298 cm³/mol. The number of ether oxygens (including phenoxy) is 4. The molecule has 74 heavy (non-hydrogen) atoms. The molecule has 0 unspecified atom stereocenters. The monoisotopic (exact) mass is 1180 g/mol. The molecule has 8 heterocycles. The van der Waals surface area contributed by atoms with Crippen LogP contribution in [0.1, 0.15) is 83.1 Å². The van der Waals surface area contributed by atoms with Gasteiger partial charge in [0.1, 0.15) is 5.15 Å². The molecule has 2 N–H and O–H groups in total. The molecular formula is C50H73B4Br2ClN5NaO11. The molecule has 3 aliphatic heterocycles. The second-order valence-electron chi connectivity index (χ2n) is 20.0. The number of halogens is 3. The molecule has 3 aliphatic rings. The van der Waals surface area contributed by atoms with Crippen molar-refractivity contribution in [2.24, 2.45) is 10.8 Å². The topological polar surface area (TPSA) is 202 Å². The summed E-state index contributed by atoms with van der Waals surface area (Å²) in [7, 11) is 4.68. The van der Waals surface area contributed by atoms with Crippen molar-refractivity contribution in [2.75, 3.05) is 35.5 Å². The van der Waals surface area contributed by atoms with Crippen LogP contribution in [0.4, 0.5) is 0 Å². The Labute approximate surface area is 485 Å². The summed E-state index contributed by atoms with van der Waals surface area (Å²) in [5, 5.41) is 26.1. The Morgan fingerprint density at radius 2 is 0.905 bits per heavy atom. The van der Waals surface area contributed by atoms with Gasteiger partial charge in [-0.05, 0) is 134 Å². The van der Waals surface area contributed by atoms with E-state index in [-0.39, 0.29) is 52.0 Å². The minimum Gasteiger partial charge on any atom is -0.857 e. The molecule has 0 atom stereocenters. The van der Waals surface area contributed by atoms with Crippen LogP contribution in [-0.2, 0) is 18.6 Å². The standard InChI is InChI=1S/C14H22BNO.C12H24B2O4.C6H8BNO3.C6H6BrNO.C6H7NO.C5H3BrClN.CH3O.Na/c1-13(2)9-15(10-14(13,3)4)11-6-7-12(17-5)16-8-11;1-9(2)10(3,4)16-13(15-9)14-17-11(5,6)12(7,8)18-14;1-11-6-3-2-5(4-8-6)7(9)10;1-9-6-3-2-5(7)4-8-6;1-8-6-4-2-3-5-7-6;6-4-1-2-5(7)8-3-4;1-2;/h6-8H,9-10H2,1-5H3;1-8H3;2-4,9-10H,1H3;2-4H,1H3;2-5H,1H3;1-3H;1H3;/q;;;;;;-1;+1. The van der Waals surface area contributed by atoms with Crippen molar-refractivity contribution < 1.29 is 82.3 Å². The number of aromatic nitrogens is 5. The first kappa shape index (κ1) is 69.2. The van der Waals surface area contributed by atoms with Crippen LogP contribution in [0.2, 0.25) is 17.8 Å². The average Bonchev–Trinajstić information content (AvgIpc) is 3.83. The molecule has 16 nitrogen and oxygen atoms in total. The number of hydrogen-bond donors (Lipinski definition) is 2. The van der Waals surface area contributed by atoms with Gasteiger partial charge in [0.05, 0.1) is 50.8 Å². The number of pyridine rings is 5. The smallest absolute Gasteiger partial charge is 0.857 e. The van der Waals surface area contributed by atoms with Crippen molar-refractivity contribution in [1.82, 2.24) is 24.9 Å². The maximum absolute atomic E-state index is 8.66. The van der Waals surface area contributed by atoms with E-state index in [4.69, 9.17) is 64.3 Å². The molecule has 0 amide bonds. The summed E-state index contributed by atoms with van der Waals surface area (Å²) in [6.07, 6.45) is 10.9. The van der Waals surface area contributed by atoms with Gasteiger partial charge in [0.2, 0.25) is 23.5 Å². The van der Waals surface area contributed by atoms with Gasteiger partial charge in [-0.15, -0.1) is 0 Å². The van der Waals surface area contributed by atoms with Gasteiger partial charge in [-0.3, -0.25) is 0 Å². The van der Waals surface area contributed by atoms with Gasteiger partial charge in [0.15, 0.2) is 6.71 Å². The van der Waals surface area contributed by atoms with Gasteiger partial charge in [-0.1, -0.05) is 75.6 Å². The Balaban J connectivity index is 0.000000453. The van der Waals surface area contributed by atoms with Crippen molar-refractivity contribution in [3.8, 4) is 23.5 Å². The van der Waals surface area contributed by atoms with E-state index in [9.17, 15) is 0 Å². The maximum Gasteiger partial charge on any atom is 1.00 e. The van der Waals surface area contributed by atoms with E-state index in [1.807, 2.05) is 91.9 Å². The summed E-state index contributed by atoms with van der Waals surface area (Å²) < 4.78 is 45.3. The molecule has 3 saturated heterocycles. The fourth-order valence-corrected chi connectivity index (χ4v) is 7.40. The van der Waals surface area contributed by atoms with Crippen molar-refractivity contribution in [3.63, 3.8) is 0 Å². The zero-order valence-corrected chi connectivity index (χ0v) is 52.3. The van der Waals surface area contributed by atoms with Crippen molar-refractivity contribution in [3.05, 3.63) is 112 Å². The molecule has 0 aromatic carbocycles. The molecule has 5 aromatic rings. The van der Waals surface area contributed by atoms with Crippen LogP contribution in [0.25, 0.3) is 0 Å². The van der Waals surface area contributed by atoms with Crippen molar-refractivity contribution in [1.29, 1.82) is 0 Å². The molecule has 0 saturated carbocycles. The van der Waals surface area contributed by atoms with Crippen LogP contribution in [0.5, 0.6) is 23.5 Å². The Morgan fingerprint density at radius 3 is 1.19 bits per heavy atom. The first-order valence-corrected chi connectivity index (χ1v) is 25.3. The molecule has 24 heteroatoms. The molecule has 0 spiro atoms. The number of methoxy groups -OCH3 is 4. The average molecular weight is 1180 g/mol. The van der Waals surface area contributed by atoms with Crippen molar-refractivity contribution >= 4 is 82.2 Å². The van der Waals surface area contributed by atoms with Gasteiger partial charge in [-0.2, -0.15) is 7.11 Å². The van der Waals surface area contributed by atoms with Gasteiger partial charge >= 0.3 is 50.7 Å². The Kier molecular flexibility index (Phi) is 29.5. The normalized spacial score (nSPS) is 17.3. The van der Waals surface area contributed by atoms with E-state index in [0.29, 0.717) is 51.7 Å². The molecule has 0 aliphatic carbocycles. The van der Waals surface area contributed by atoms with E-state index in [2.05, 4.69) is 90.5 Å². The van der Waals surface area contributed by atoms with E-state index >= 15 is 0 Å². The van der Waals surface area contributed by atoms with E-state index < -0.39 is 21.1 Å². The molecular weight excluding hydrogens is 1110 g/mol. The first-order valence-electron chi connectivity index (χ1n) is 23.4.